The van der Waals surface area contributed by atoms with Gasteiger partial charge in [-0.05, 0) is 38.8 Å². The molecule has 2 amide bonds. The van der Waals surface area contributed by atoms with Gasteiger partial charge in [0.05, 0.1) is 5.41 Å². The molecule has 1 N–H and O–H groups in total. The minimum absolute atomic E-state index is 0.000531. The van der Waals surface area contributed by atoms with Gasteiger partial charge in [0.2, 0.25) is 11.8 Å². The maximum absolute atomic E-state index is 12.2. The first kappa shape index (κ1) is 12.6. The molecule has 0 aromatic heterocycles. The summed E-state index contributed by atoms with van der Waals surface area (Å²) in [7, 11) is 0. The lowest BCUT2D eigenvalue weighted by Crippen LogP contribution is -2.48. The fraction of sp³-hybridized carbons (Fsp3) is 0.846. The molecule has 4 heteroatoms. The molecule has 2 saturated heterocycles. The number of hydrogen-bond donors (Lipinski definition) is 1. The molecule has 0 aliphatic carbocycles. The summed E-state index contributed by atoms with van der Waals surface area (Å²) in [6.45, 7) is 7.70. The highest BCUT2D eigenvalue weighted by molar-refractivity contribution is 6.05. The van der Waals surface area contributed by atoms with Crippen LogP contribution in [0.25, 0.3) is 0 Å². The van der Waals surface area contributed by atoms with Crippen molar-refractivity contribution in [3.63, 3.8) is 0 Å². The number of likely N-dealkylation sites (tertiary alicyclic amines) is 1. The quantitative estimate of drug-likeness (QED) is 0.734. The zero-order chi connectivity index (χ0) is 12.6. The number of rotatable bonds is 2. The first-order valence-electron chi connectivity index (χ1n) is 6.51. The molecule has 17 heavy (non-hydrogen) atoms. The molecule has 96 valence electrons. The largest absolute Gasteiger partial charge is 0.316 e. The van der Waals surface area contributed by atoms with E-state index in [4.69, 9.17) is 0 Å². The summed E-state index contributed by atoms with van der Waals surface area (Å²) in [6.07, 6.45) is 2.59. The highest BCUT2D eigenvalue weighted by atomic mass is 16.2. The number of imide groups is 1. The van der Waals surface area contributed by atoms with E-state index in [1.54, 1.807) is 0 Å². The Kier molecular flexibility index (Phi) is 3.25. The van der Waals surface area contributed by atoms with Gasteiger partial charge in [-0.1, -0.05) is 13.8 Å². The summed E-state index contributed by atoms with van der Waals surface area (Å²) in [5.74, 6) is 0.407. The van der Waals surface area contributed by atoms with Crippen molar-refractivity contribution in [2.45, 2.75) is 46.1 Å². The van der Waals surface area contributed by atoms with Crippen molar-refractivity contribution in [3.8, 4) is 0 Å². The molecule has 0 radical (unpaired) electrons. The summed E-state index contributed by atoms with van der Waals surface area (Å²) in [5.41, 5.74) is -0.507. The lowest BCUT2D eigenvalue weighted by Gasteiger charge is -2.34. The van der Waals surface area contributed by atoms with Crippen molar-refractivity contribution in [3.05, 3.63) is 0 Å². The number of nitrogens with one attached hydrogen (secondary N) is 1. The van der Waals surface area contributed by atoms with E-state index in [9.17, 15) is 9.59 Å². The molecular weight excluding hydrogens is 216 g/mol. The molecule has 2 aliphatic heterocycles. The van der Waals surface area contributed by atoms with Crippen LogP contribution in [-0.2, 0) is 9.59 Å². The molecular formula is C13H22N2O2. The second-order valence-electron chi connectivity index (χ2n) is 5.98. The summed E-state index contributed by atoms with van der Waals surface area (Å²) in [6, 6.07) is 0.0320. The van der Waals surface area contributed by atoms with Crippen LogP contribution in [0.2, 0.25) is 0 Å². The molecule has 0 aromatic carbocycles. The zero-order valence-electron chi connectivity index (χ0n) is 11.0. The first-order chi connectivity index (χ1) is 7.93. The van der Waals surface area contributed by atoms with Crippen LogP contribution in [0.1, 0.15) is 40.0 Å². The van der Waals surface area contributed by atoms with Gasteiger partial charge in [0, 0.05) is 12.5 Å². The van der Waals surface area contributed by atoms with E-state index in [0.29, 0.717) is 12.3 Å². The number of carbonyl (C=O) groups excluding carboxylic acids is 2. The third kappa shape index (κ3) is 2.23. The maximum atomic E-state index is 12.2. The van der Waals surface area contributed by atoms with Crippen LogP contribution in [0.3, 0.4) is 0 Å². The van der Waals surface area contributed by atoms with Crippen LogP contribution < -0.4 is 5.32 Å². The Morgan fingerprint density at radius 3 is 2.59 bits per heavy atom. The fourth-order valence-electron chi connectivity index (χ4n) is 2.89. The number of amides is 2. The van der Waals surface area contributed by atoms with E-state index in [0.717, 1.165) is 25.9 Å². The smallest absolute Gasteiger partial charge is 0.235 e. The van der Waals surface area contributed by atoms with Crippen LogP contribution in [0.15, 0.2) is 0 Å². The third-order valence-electron chi connectivity index (χ3n) is 4.08. The zero-order valence-corrected chi connectivity index (χ0v) is 11.0. The van der Waals surface area contributed by atoms with Crippen LogP contribution in [0, 0.1) is 11.3 Å². The molecule has 0 bridgehead atoms. The third-order valence-corrected chi connectivity index (χ3v) is 4.08. The van der Waals surface area contributed by atoms with Gasteiger partial charge < -0.3 is 5.32 Å². The average Bonchev–Trinajstić information content (AvgIpc) is 2.49. The summed E-state index contributed by atoms with van der Waals surface area (Å²) < 4.78 is 0. The molecule has 4 nitrogen and oxygen atoms in total. The fourth-order valence-corrected chi connectivity index (χ4v) is 2.89. The summed E-state index contributed by atoms with van der Waals surface area (Å²) >= 11 is 0. The van der Waals surface area contributed by atoms with Crippen LogP contribution >= 0.6 is 0 Å². The van der Waals surface area contributed by atoms with Crippen molar-refractivity contribution < 1.29 is 9.59 Å². The Morgan fingerprint density at radius 2 is 2.12 bits per heavy atom. The predicted molar refractivity (Wildman–Crippen MR) is 65.3 cm³/mol. The molecule has 0 saturated carbocycles. The van der Waals surface area contributed by atoms with Crippen LogP contribution in [-0.4, -0.2) is 35.8 Å². The van der Waals surface area contributed by atoms with Crippen molar-refractivity contribution in [2.75, 3.05) is 13.1 Å². The van der Waals surface area contributed by atoms with Gasteiger partial charge in [0.25, 0.3) is 0 Å². The molecule has 2 aliphatic rings. The monoisotopic (exact) mass is 238 g/mol. The minimum Gasteiger partial charge on any atom is -0.316 e. The molecule has 0 spiro atoms. The molecule has 2 rings (SSSR count). The normalized spacial score (nSPS) is 30.8. The Bertz CT molecular complexity index is 332. The second-order valence-corrected chi connectivity index (χ2v) is 5.98. The van der Waals surface area contributed by atoms with Crippen molar-refractivity contribution in [1.29, 1.82) is 0 Å². The Balaban J connectivity index is 2.11. The van der Waals surface area contributed by atoms with E-state index in [2.05, 4.69) is 5.32 Å². The maximum Gasteiger partial charge on any atom is 0.235 e. The van der Waals surface area contributed by atoms with E-state index < -0.39 is 5.41 Å². The summed E-state index contributed by atoms with van der Waals surface area (Å²) in [4.78, 5) is 25.7. The molecule has 2 heterocycles. The SMILES string of the molecule is CC(C1CCCNC1)N1C(=O)CC(C)(C)C1=O. The van der Waals surface area contributed by atoms with E-state index in [-0.39, 0.29) is 17.9 Å². The lowest BCUT2D eigenvalue weighted by atomic mass is 9.90. The molecule has 2 unspecified atom stereocenters. The van der Waals surface area contributed by atoms with Gasteiger partial charge in [0.15, 0.2) is 0 Å². The van der Waals surface area contributed by atoms with E-state index in [1.165, 1.54) is 4.90 Å². The Hall–Kier alpha value is -0.900. The van der Waals surface area contributed by atoms with Gasteiger partial charge in [-0.25, -0.2) is 0 Å². The highest BCUT2D eigenvalue weighted by Gasteiger charge is 2.47. The van der Waals surface area contributed by atoms with Crippen LogP contribution in [0.5, 0.6) is 0 Å². The van der Waals surface area contributed by atoms with E-state index in [1.807, 2.05) is 20.8 Å². The lowest BCUT2D eigenvalue weighted by molar-refractivity contribution is -0.144. The van der Waals surface area contributed by atoms with Gasteiger partial charge in [-0.3, -0.25) is 14.5 Å². The minimum atomic E-state index is -0.507. The molecule has 0 aromatic rings. The van der Waals surface area contributed by atoms with Gasteiger partial charge in [-0.15, -0.1) is 0 Å². The standard InChI is InChI=1S/C13H22N2O2/c1-9(10-5-4-6-14-8-10)15-11(16)7-13(2,3)12(15)17/h9-10,14H,4-8H2,1-3H3. The number of hydrogen-bond acceptors (Lipinski definition) is 3. The molecule has 2 atom stereocenters. The second kappa shape index (κ2) is 4.41. The number of piperidine rings is 1. The Labute approximate surface area is 103 Å². The topological polar surface area (TPSA) is 49.4 Å². The van der Waals surface area contributed by atoms with Gasteiger partial charge in [-0.2, -0.15) is 0 Å². The number of carbonyl (C=O) groups is 2. The highest BCUT2D eigenvalue weighted by Crippen LogP contribution is 2.35. The average molecular weight is 238 g/mol. The summed E-state index contributed by atoms with van der Waals surface area (Å²) in [5, 5.41) is 3.34. The van der Waals surface area contributed by atoms with E-state index >= 15 is 0 Å². The predicted octanol–water partition coefficient (Wildman–Crippen LogP) is 1.16. The van der Waals surface area contributed by atoms with Crippen LogP contribution in [0.4, 0.5) is 0 Å². The first-order valence-corrected chi connectivity index (χ1v) is 6.51. The van der Waals surface area contributed by atoms with Crippen molar-refractivity contribution in [2.24, 2.45) is 11.3 Å². The number of nitrogens with zero attached hydrogens (tertiary/aromatic N) is 1. The Morgan fingerprint density at radius 1 is 1.41 bits per heavy atom. The van der Waals surface area contributed by atoms with Crippen molar-refractivity contribution >= 4 is 11.8 Å². The van der Waals surface area contributed by atoms with Crippen molar-refractivity contribution in [1.82, 2.24) is 10.2 Å². The van der Waals surface area contributed by atoms with Gasteiger partial charge >= 0.3 is 0 Å². The van der Waals surface area contributed by atoms with Gasteiger partial charge in [0.1, 0.15) is 0 Å². The molecule has 2 fully saturated rings.